The average molecular weight is 253 g/mol. The van der Waals surface area contributed by atoms with Crippen LogP contribution in [0.25, 0.3) is 22.4 Å². The molecule has 0 aliphatic heterocycles. The SMILES string of the molecule is CCn1c(-c2ccc(O)cc2C)nc2cnccc21. The molecule has 0 saturated carbocycles. The molecule has 1 aromatic carbocycles. The summed E-state index contributed by atoms with van der Waals surface area (Å²) >= 11 is 0. The van der Waals surface area contributed by atoms with Crippen molar-refractivity contribution in [3.63, 3.8) is 0 Å². The van der Waals surface area contributed by atoms with Crippen LogP contribution in [0.3, 0.4) is 0 Å². The number of imidazole rings is 1. The number of hydrogen-bond donors (Lipinski definition) is 1. The Morgan fingerprint density at radius 2 is 2.11 bits per heavy atom. The van der Waals surface area contributed by atoms with Gasteiger partial charge < -0.3 is 9.67 Å². The van der Waals surface area contributed by atoms with Crippen LogP contribution < -0.4 is 0 Å². The molecule has 0 aliphatic carbocycles. The van der Waals surface area contributed by atoms with Gasteiger partial charge in [-0.1, -0.05) is 0 Å². The van der Waals surface area contributed by atoms with Crippen LogP contribution in [-0.4, -0.2) is 19.6 Å². The Balaban J connectivity index is 2.30. The lowest BCUT2D eigenvalue weighted by Gasteiger charge is -2.08. The summed E-state index contributed by atoms with van der Waals surface area (Å²) in [6.07, 6.45) is 3.56. The number of fused-ring (bicyclic) bond motifs is 1. The molecule has 0 bridgehead atoms. The number of hydrogen-bond acceptors (Lipinski definition) is 3. The van der Waals surface area contributed by atoms with E-state index in [1.165, 1.54) is 0 Å². The highest BCUT2D eigenvalue weighted by Gasteiger charge is 2.13. The number of rotatable bonds is 2. The quantitative estimate of drug-likeness (QED) is 0.763. The predicted molar refractivity (Wildman–Crippen MR) is 75.0 cm³/mol. The highest BCUT2D eigenvalue weighted by molar-refractivity contribution is 5.80. The van der Waals surface area contributed by atoms with Crippen LogP contribution in [0.5, 0.6) is 5.75 Å². The summed E-state index contributed by atoms with van der Waals surface area (Å²) in [4.78, 5) is 8.78. The minimum Gasteiger partial charge on any atom is -0.508 e. The lowest BCUT2D eigenvalue weighted by molar-refractivity contribution is 0.475. The molecule has 3 aromatic rings. The molecule has 0 radical (unpaired) electrons. The van der Waals surface area contributed by atoms with Crippen LogP contribution in [-0.2, 0) is 6.54 Å². The van der Waals surface area contributed by atoms with Gasteiger partial charge in [-0.3, -0.25) is 4.98 Å². The molecule has 0 aliphatic rings. The van der Waals surface area contributed by atoms with Crippen LogP contribution in [0.1, 0.15) is 12.5 Å². The number of benzene rings is 1. The normalized spacial score (nSPS) is 11.1. The Hall–Kier alpha value is -2.36. The zero-order valence-electron chi connectivity index (χ0n) is 11.0. The molecule has 96 valence electrons. The van der Waals surface area contributed by atoms with E-state index in [-0.39, 0.29) is 5.75 Å². The smallest absolute Gasteiger partial charge is 0.141 e. The molecule has 3 rings (SSSR count). The van der Waals surface area contributed by atoms with Crippen molar-refractivity contribution in [3.05, 3.63) is 42.2 Å². The summed E-state index contributed by atoms with van der Waals surface area (Å²) in [7, 11) is 0. The fourth-order valence-electron chi connectivity index (χ4n) is 2.41. The van der Waals surface area contributed by atoms with Gasteiger partial charge in [0, 0.05) is 18.3 Å². The molecule has 19 heavy (non-hydrogen) atoms. The van der Waals surface area contributed by atoms with Crippen molar-refractivity contribution < 1.29 is 5.11 Å². The second-order valence-electron chi connectivity index (χ2n) is 4.54. The first-order chi connectivity index (χ1) is 9.20. The second kappa shape index (κ2) is 4.39. The lowest BCUT2D eigenvalue weighted by Crippen LogP contribution is -1.98. The average Bonchev–Trinajstić information content (AvgIpc) is 2.76. The number of aryl methyl sites for hydroxylation is 2. The zero-order chi connectivity index (χ0) is 13.4. The zero-order valence-corrected chi connectivity index (χ0v) is 11.0. The topological polar surface area (TPSA) is 50.9 Å². The molecule has 4 heteroatoms. The summed E-state index contributed by atoms with van der Waals surface area (Å²) in [5.41, 5.74) is 4.03. The predicted octanol–water partition coefficient (Wildman–Crippen LogP) is 3.13. The Kier molecular flexibility index (Phi) is 2.71. The first-order valence-corrected chi connectivity index (χ1v) is 6.31. The maximum atomic E-state index is 9.51. The monoisotopic (exact) mass is 253 g/mol. The molecule has 0 fully saturated rings. The fraction of sp³-hybridized carbons (Fsp3) is 0.200. The number of nitrogens with zero attached hydrogens (tertiary/aromatic N) is 3. The molecule has 0 spiro atoms. The van der Waals surface area contributed by atoms with E-state index in [0.29, 0.717) is 0 Å². The van der Waals surface area contributed by atoms with E-state index >= 15 is 0 Å². The minimum absolute atomic E-state index is 0.280. The number of phenolic OH excluding ortho intramolecular Hbond substituents is 1. The van der Waals surface area contributed by atoms with Crippen LogP contribution in [0.2, 0.25) is 0 Å². The Labute approximate surface area is 111 Å². The molecule has 1 N–H and O–H groups in total. The van der Waals surface area contributed by atoms with E-state index in [4.69, 9.17) is 0 Å². The Morgan fingerprint density at radius 3 is 2.84 bits per heavy atom. The summed E-state index contributed by atoms with van der Waals surface area (Å²) in [6.45, 7) is 4.92. The summed E-state index contributed by atoms with van der Waals surface area (Å²) < 4.78 is 2.16. The third-order valence-corrected chi connectivity index (χ3v) is 3.32. The Bertz CT molecular complexity index is 746. The molecular weight excluding hydrogens is 238 g/mol. The summed E-state index contributed by atoms with van der Waals surface area (Å²) in [5, 5.41) is 9.51. The number of aromatic nitrogens is 3. The van der Waals surface area contributed by atoms with Crippen molar-refractivity contribution in [2.45, 2.75) is 20.4 Å². The van der Waals surface area contributed by atoms with Crippen LogP contribution in [0, 0.1) is 6.92 Å². The van der Waals surface area contributed by atoms with Gasteiger partial charge in [-0.2, -0.15) is 0 Å². The molecule has 2 heterocycles. The Morgan fingerprint density at radius 1 is 1.26 bits per heavy atom. The van der Waals surface area contributed by atoms with Crippen molar-refractivity contribution in [2.24, 2.45) is 0 Å². The van der Waals surface area contributed by atoms with Crippen molar-refractivity contribution in [1.29, 1.82) is 0 Å². The van der Waals surface area contributed by atoms with E-state index < -0.39 is 0 Å². The number of pyridine rings is 1. The third-order valence-electron chi connectivity index (χ3n) is 3.32. The van der Waals surface area contributed by atoms with E-state index in [1.54, 1.807) is 24.5 Å². The number of aromatic hydroxyl groups is 1. The summed E-state index contributed by atoms with van der Waals surface area (Å²) in [5.74, 6) is 1.20. The minimum atomic E-state index is 0.280. The van der Waals surface area contributed by atoms with Gasteiger partial charge in [0.1, 0.15) is 17.1 Å². The van der Waals surface area contributed by atoms with Gasteiger partial charge in [0.05, 0.1) is 11.7 Å². The van der Waals surface area contributed by atoms with Gasteiger partial charge in [0.2, 0.25) is 0 Å². The van der Waals surface area contributed by atoms with E-state index in [0.717, 1.165) is 34.5 Å². The molecule has 0 amide bonds. The largest absolute Gasteiger partial charge is 0.508 e. The lowest BCUT2D eigenvalue weighted by atomic mass is 10.1. The van der Waals surface area contributed by atoms with Crippen LogP contribution >= 0.6 is 0 Å². The van der Waals surface area contributed by atoms with Gasteiger partial charge in [0.15, 0.2) is 0 Å². The molecule has 2 aromatic heterocycles. The van der Waals surface area contributed by atoms with Crippen molar-refractivity contribution >= 4 is 11.0 Å². The van der Waals surface area contributed by atoms with Crippen LogP contribution in [0.4, 0.5) is 0 Å². The summed E-state index contributed by atoms with van der Waals surface area (Å²) in [6, 6.07) is 7.34. The van der Waals surface area contributed by atoms with Crippen molar-refractivity contribution in [1.82, 2.24) is 14.5 Å². The second-order valence-corrected chi connectivity index (χ2v) is 4.54. The molecular formula is C15H15N3O. The maximum Gasteiger partial charge on any atom is 0.141 e. The van der Waals surface area contributed by atoms with E-state index in [1.807, 2.05) is 19.1 Å². The van der Waals surface area contributed by atoms with Gasteiger partial charge in [-0.05, 0) is 43.7 Å². The van der Waals surface area contributed by atoms with Gasteiger partial charge in [-0.25, -0.2) is 4.98 Å². The molecule has 0 saturated heterocycles. The van der Waals surface area contributed by atoms with Crippen LogP contribution in [0.15, 0.2) is 36.7 Å². The maximum absolute atomic E-state index is 9.51. The van der Waals surface area contributed by atoms with Gasteiger partial charge in [0.25, 0.3) is 0 Å². The standard InChI is InChI=1S/C15H15N3O/c1-3-18-14-6-7-16-9-13(14)17-15(18)12-5-4-11(19)8-10(12)2/h4-9,19H,3H2,1-2H3. The van der Waals surface area contributed by atoms with E-state index in [9.17, 15) is 5.11 Å². The third kappa shape index (κ3) is 1.85. The highest BCUT2D eigenvalue weighted by atomic mass is 16.3. The molecule has 0 unspecified atom stereocenters. The molecule has 4 nitrogen and oxygen atoms in total. The number of phenols is 1. The highest BCUT2D eigenvalue weighted by Crippen LogP contribution is 2.28. The fourth-order valence-corrected chi connectivity index (χ4v) is 2.41. The van der Waals surface area contributed by atoms with Crippen molar-refractivity contribution in [3.8, 4) is 17.1 Å². The first-order valence-electron chi connectivity index (χ1n) is 6.31. The van der Waals surface area contributed by atoms with Gasteiger partial charge in [-0.15, -0.1) is 0 Å². The first kappa shape index (κ1) is 11.7. The van der Waals surface area contributed by atoms with Crippen molar-refractivity contribution in [2.75, 3.05) is 0 Å². The van der Waals surface area contributed by atoms with Gasteiger partial charge >= 0.3 is 0 Å². The van der Waals surface area contributed by atoms with E-state index in [2.05, 4.69) is 21.5 Å². The molecule has 0 atom stereocenters.